The second-order valence-corrected chi connectivity index (χ2v) is 10.2. The Labute approximate surface area is 236 Å². The molecule has 0 bridgehead atoms. The van der Waals surface area contributed by atoms with Gasteiger partial charge in [-0.15, -0.1) is 0 Å². The van der Waals surface area contributed by atoms with Crippen LogP contribution in [-0.2, 0) is 11.3 Å². The molecule has 0 atom stereocenters. The molecule has 0 aliphatic carbocycles. The molecule has 2 N–H and O–H groups in total. The number of rotatable bonds is 10. The van der Waals surface area contributed by atoms with Gasteiger partial charge in [0, 0.05) is 56.9 Å². The van der Waals surface area contributed by atoms with E-state index in [4.69, 9.17) is 28.3 Å². The first-order valence-electron chi connectivity index (χ1n) is 12.6. The molecule has 7 heteroatoms. The van der Waals surface area contributed by atoms with Crippen molar-refractivity contribution in [3.05, 3.63) is 136 Å². The first-order valence-corrected chi connectivity index (χ1v) is 13.4. The fraction of sp³-hybridized carbons (Fsp3) is 0.125. The van der Waals surface area contributed by atoms with Crippen LogP contribution in [0.4, 0.5) is 5.69 Å². The smallest absolute Gasteiger partial charge is 0.303 e. The van der Waals surface area contributed by atoms with Crippen molar-refractivity contribution in [1.82, 2.24) is 4.57 Å². The Balaban J connectivity index is 1.46. The van der Waals surface area contributed by atoms with Crippen molar-refractivity contribution < 1.29 is 14.7 Å². The molecule has 39 heavy (non-hydrogen) atoms. The molecular formula is C32H26Cl2N2O3. The molecule has 196 valence electrons. The third-order valence-corrected chi connectivity index (χ3v) is 7.17. The number of anilines is 1. The number of aliphatic carboxylic acids is 1. The monoisotopic (exact) mass is 556 g/mol. The van der Waals surface area contributed by atoms with Crippen LogP contribution in [0.3, 0.4) is 0 Å². The third-order valence-electron chi connectivity index (χ3n) is 6.67. The maximum absolute atomic E-state index is 13.7. The van der Waals surface area contributed by atoms with Crippen molar-refractivity contribution in [3.63, 3.8) is 0 Å². The van der Waals surface area contributed by atoms with E-state index in [2.05, 4.69) is 5.32 Å². The number of hydrogen-bond acceptors (Lipinski definition) is 3. The average Bonchev–Trinajstić information content (AvgIpc) is 3.31. The lowest BCUT2D eigenvalue weighted by molar-refractivity contribution is -0.137. The van der Waals surface area contributed by atoms with Crippen LogP contribution < -0.4 is 5.32 Å². The van der Waals surface area contributed by atoms with Crippen LogP contribution in [-0.4, -0.2) is 21.4 Å². The summed E-state index contributed by atoms with van der Waals surface area (Å²) in [7, 11) is 0. The van der Waals surface area contributed by atoms with Crippen molar-refractivity contribution in [2.45, 2.75) is 25.4 Å². The minimum atomic E-state index is -0.831. The minimum Gasteiger partial charge on any atom is -0.481 e. The molecule has 0 aliphatic rings. The lowest BCUT2D eigenvalue weighted by Gasteiger charge is -2.22. The van der Waals surface area contributed by atoms with Crippen LogP contribution in [0.2, 0.25) is 10.0 Å². The number of carboxylic acids is 1. The van der Waals surface area contributed by atoms with Gasteiger partial charge in [-0.25, -0.2) is 0 Å². The Morgan fingerprint density at radius 3 is 2.10 bits per heavy atom. The molecule has 0 spiro atoms. The summed E-state index contributed by atoms with van der Waals surface area (Å²) in [5.41, 5.74) is 4.88. The summed E-state index contributed by atoms with van der Waals surface area (Å²) in [6, 6.07) is 30.3. The van der Waals surface area contributed by atoms with E-state index in [0.29, 0.717) is 34.1 Å². The Bertz CT molecular complexity index is 1580. The molecule has 0 radical (unpaired) electrons. The fourth-order valence-corrected chi connectivity index (χ4v) is 5.01. The predicted octanol–water partition coefficient (Wildman–Crippen LogP) is 8.25. The van der Waals surface area contributed by atoms with Crippen LogP contribution >= 0.6 is 23.2 Å². The van der Waals surface area contributed by atoms with Crippen molar-refractivity contribution in [2.75, 3.05) is 5.32 Å². The topological polar surface area (TPSA) is 71.3 Å². The van der Waals surface area contributed by atoms with Gasteiger partial charge in [0.2, 0.25) is 0 Å². The number of halogens is 2. The molecule has 0 saturated carbocycles. The molecule has 0 amide bonds. The second kappa shape index (κ2) is 11.8. The van der Waals surface area contributed by atoms with Crippen LogP contribution in [0.15, 0.2) is 103 Å². The molecule has 0 aliphatic heterocycles. The third kappa shape index (κ3) is 6.17. The molecule has 1 heterocycles. The van der Waals surface area contributed by atoms with Crippen LogP contribution in [0, 0.1) is 0 Å². The zero-order valence-electron chi connectivity index (χ0n) is 21.0. The van der Waals surface area contributed by atoms with Gasteiger partial charge in [-0.2, -0.15) is 0 Å². The minimum absolute atomic E-state index is 0.0753. The van der Waals surface area contributed by atoms with Gasteiger partial charge in [-0.1, -0.05) is 77.8 Å². The lowest BCUT2D eigenvalue weighted by atomic mass is 9.97. The van der Waals surface area contributed by atoms with Crippen molar-refractivity contribution in [3.8, 4) is 0 Å². The van der Waals surface area contributed by atoms with Crippen molar-refractivity contribution in [1.29, 1.82) is 0 Å². The van der Waals surface area contributed by atoms with Gasteiger partial charge in [0.15, 0.2) is 5.78 Å². The van der Waals surface area contributed by atoms with Crippen LogP contribution in [0.1, 0.15) is 45.9 Å². The molecule has 1 aromatic heterocycles. The highest BCUT2D eigenvalue weighted by molar-refractivity contribution is 6.30. The molecule has 0 fully saturated rings. The number of aryl methyl sites for hydroxylation is 1. The predicted molar refractivity (Wildman–Crippen MR) is 157 cm³/mol. The van der Waals surface area contributed by atoms with Gasteiger partial charge in [0.05, 0.1) is 6.04 Å². The van der Waals surface area contributed by atoms with Gasteiger partial charge >= 0.3 is 5.97 Å². The summed E-state index contributed by atoms with van der Waals surface area (Å²) in [6.07, 6.45) is 2.39. The number of fused-ring (bicyclic) bond motifs is 1. The average molecular weight is 557 g/mol. The van der Waals surface area contributed by atoms with E-state index < -0.39 is 5.97 Å². The number of aromatic nitrogens is 1. The number of hydrogen-bond donors (Lipinski definition) is 2. The van der Waals surface area contributed by atoms with Gasteiger partial charge in [0.1, 0.15) is 0 Å². The number of nitrogens with zero attached hydrogens (tertiary/aromatic N) is 1. The Kier molecular flexibility index (Phi) is 8.01. The molecule has 0 saturated heterocycles. The number of ketones is 1. The SMILES string of the molecule is O=C(O)CCCn1cc(C(=O)c2cccc(NC(c3ccc(Cl)cc3)c3ccc(Cl)cc3)c2)c2ccccc21. The summed E-state index contributed by atoms with van der Waals surface area (Å²) in [5.74, 6) is -0.927. The highest BCUT2D eigenvalue weighted by Crippen LogP contribution is 2.30. The van der Waals surface area contributed by atoms with Gasteiger partial charge < -0.3 is 15.0 Å². The number of benzene rings is 4. The first-order chi connectivity index (χ1) is 18.9. The number of carbonyl (C=O) groups excluding carboxylic acids is 1. The highest BCUT2D eigenvalue weighted by Gasteiger charge is 2.19. The van der Waals surface area contributed by atoms with Gasteiger partial charge in [-0.3, -0.25) is 9.59 Å². The maximum atomic E-state index is 13.7. The van der Waals surface area contributed by atoms with Crippen molar-refractivity contribution in [2.24, 2.45) is 0 Å². The van der Waals surface area contributed by atoms with E-state index in [1.807, 2.05) is 108 Å². The molecular weight excluding hydrogens is 531 g/mol. The fourth-order valence-electron chi connectivity index (χ4n) is 4.76. The summed E-state index contributed by atoms with van der Waals surface area (Å²) in [5, 5.41) is 14.8. The quantitative estimate of drug-likeness (QED) is 0.170. The first kappa shape index (κ1) is 26.5. The summed E-state index contributed by atoms with van der Waals surface area (Å²) >= 11 is 12.3. The summed E-state index contributed by atoms with van der Waals surface area (Å²) < 4.78 is 1.96. The van der Waals surface area contributed by atoms with E-state index in [0.717, 1.165) is 27.7 Å². The summed E-state index contributed by atoms with van der Waals surface area (Å²) in [4.78, 5) is 24.7. The number of para-hydroxylation sites is 1. The Morgan fingerprint density at radius 2 is 1.46 bits per heavy atom. The van der Waals surface area contributed by atoms with E-state index in [9.17, 15) is 9.59 Å². The van der Waals surface area contributed by atoms with Crippen molar-refractivity contribution >= 4 is 51.5 Å². The highest BCUT2D eigenvalue weighted by atomic mass is 35.5. The standard InChI is InChI=1S/C32H26Cl2N2O3/c33-24-14-10-21(11-15-24)31(22-12-16-25(34)17-13-22)35-26-6-3-5-23(19-26)32(39)28-20-36(18-4-9-30(37)38)29-8-2-1-7-27(28)29/h1-3,5-8,10-17,19-20,31,35H,4,9,18H2,(H,37,38). The number of carboxylic acid groups (broad SMARTS) is 1. The maximum Gasteiger partial charge on any atom is 0.303 e. The largest absolute Gasteiger partial charge is 0.481 e. The normalized spacial score (nSPS) is 11.2. The lowest BCUT2D eigenvalue weighted by Crippen LogP contribution is -2.13. The van der Waals surface area contributed by atoms with Crippen LogP contribution in [0.25, 0.3) is 10.9 Å². The molecule has 0 unspecified atom stereocenters. The van der Waals surface area contributed by atoms with Gasteiger partial charge in [0.25, 0.3) is 0 Å². The summed E-state index contributed by atoms with van der Waals surface area (Å²) in [6.45, 7) is 0.519. The van der Waals surface area contributed by atoms with Crippen LogP contribution in [0.5, 0.6) is 0 Å². The molecule has 5 rings (SSSR count). The second-order valence-electron chi connectivity index (χ2n) is 9.34. The zero-order chi connectivity index (χ0) is 27.4. The van der Waals surface area contributed by atoms with E-state index >= 15 is 0 Å². The Hall–Kier alpha value is -4.06. The van der Waals surface area contributed by atoms with E-state index in [-0.39, 0.29) is 18.2 Å². The Morgan fingerprint density at radius 1 is 0.821 bits per heavy atom. The molecule has 5 aromatic rings. The number of nitrogens with one attached hydrogen (secondary N) is 1. The zero-order valence-corrected chi connectivity index (χ0v) is 22.5. The van der Waals surface area contributed by atoms with E-state index in [1.54, 1.807) is 0 Å². The molecule has 5 nitrogen and oxygen atoms in total. The van der Waals surface area contributed by atoms with E-state index in [1.165, 1.54) is 0 Å². The number of carbonyl (C=O) groups is 2. The molecule has 4 aromatic carbocycles. The van der Waals surface area contributed by atoms with Gasteiger partial charge in [-0.05, 0) is 60.0 Å².